The predicted molar refractivity (Wildman–Crippen MR) is 81.7 cm³/mol. The third-order valence-electron chi connectivity index (χ3n) is 3.70. The zero-order chi connectivity index (χ0) is 14.8. The highest BCUT2D eigenvalue weighted by atomic mass is 16.5. The van der Waals surface area contributed by atoms with E-state index in [4.69, 9.17) is 4.74 Å². The maximum absolute atomic E-state index is 11.6. The Bertz CT molecular complexity index is 485. The van der Waals surface area contributed by atoms with Gasteiger partial charge in [0.2, 0.25) is 5.91 Å². The monoisotopic (exact) mass is 286 g/mol. The van der Waals surface area contributed by atoms with Crippen LogP contribution in [0.5, 0.6) is 5.75 Å². The van der Waals surface area contributed by atoms with Crippen LogP contribution in [0.15, 0.2) is 24.5 Å². The van der Waals surface area contributed by atoms with E-state index in [2.05, 4.69) is 22.1 Å². The van der Waals surface area contributed by atoms with Gasteiger partial charge in [0.1, 0.15) is 12.4 Å². The van der Waals surface area contributed by atoms with Crippen LogP contribution in [0.1, 0.15) is 38.5 Å². The molecule has 1 heterocycles. The molecule has 1 amide bonds. The molecule has 0 aliphatic heterocycles. The molecule has 1 aliphatic rings. The maximum atomic E-state index is 11.6. The number of carbonyl (C=O) groups excluding carboxylic acids is 1. The molecule has 112 valence electrons. The number of carbonyl (C=O) groups is 1. The Morgan fingerprint density at radius 1 is 1.38 bits per heavy atom. The van der Waals surface area contributed by atoms with E-state index in [0.717, 1.165) is 12.3 Å². The molecule has 4 heteroatoms. The largest absolute Gasteiger partial charge is 0.479 e. The van der Waals surface area contributed by atoms with Crippen LogP contribution in [0, 0.1) is 17.8 Å². The van der Waals surface area contributed by atoms with E-state index in [1.54, 1.807) is 12.4 Å². The van der Waals surface area contributed by atoms with Crippen molar-refractivity contribution >= 4 is 5.91 Å². The Hall–Kier alpha value is -2.02. The topological polar surface area (TPSA) is 51.2 Å². The summed E-state index contributed by atoms with van der Waals surface area (Å²) < 4.78 is 5.38. The zero-order valence-electron chi connectivity index (χ0n) is 12.3. The fourth-order valence-corrected chi connectivity index (χ4v) is 2.53. The van der Waals surface area contributed by atoms with Crippen molar-refractivity contribution in [2.75, 3.05) is 13.2 Å². The predicted octanol–water partition coefficient (Wildman–Crippen LogP) is 2.55. The highest BCUT2D eigenvalue weighted by Gasteiger charge is 2.15. The van der Waals surface area contributed by atoms with E-state index in [1.165, 1.54) is 25.7 Å². The Labute approximate surface area is 126 Å². The first kappa shape index (κ1) is 15.4. The van der Waals surface area contributed by atoms with Gasteiger partial charge < -0.3 is 10.1 Å². The van der Waals surface area contributed by atoms with Crippen molar-refractivity contribution in [2.24, 2.45) is 5.92 Å². The van der Waals surface area contributed by atoms with E-state index >= 15 is 0 Å². The molecule has 0 radical (unpaired) electrons. The van der Waals surface area contributed by atoms with Crippen LogP contribution in [0.25, 0.3) is 0 Å². The number of hydrogen-bond donors (Lipinski definition) is 1. The summed E-state index contributed by atoms with van der Waals surface area (Å²) in [6.45, 7) is 0.698. The summed E-state index contributed by atoms with van der Waals surface area (Å²) in [5.74, 6) is 7.32. The van der Waals surface area contributed by atoms with Crippen LogP contribution in [0.3, 0.4) is 0 Å². The van der Waals surface area contributed by atoms with Crippen molar-refractivity contribution in [1.82, 2.24) is 10.3 Å². The second-order valence-corrected chi connectivity index (χ2v) is 5.30. The molecule has 21 heavy (non-hydrogen) atoms. The molecular formula is C17H22N2O2. The first-order valence-corrected chi connectivity index (χ1v) is 7.60. The lowest BCUT2D eigenvalue weighted by Crippen LogP contribution is -2.23. The van der Waals surface area contributed by atoms with Gasteiger partial charge in [-0.05, 0) is 24.5 Å². The third-order valence-corrected chi connectivity index (χ3v) is 3.70. The van der Waals surface area contributed by atoms with Crippen molar-refractivity contribution in [3.8, 4) is 17.6 Å². The van der Waals surface area contributed by atoms with Crippen molar-refractivity contribution in [3.63, 3.8) is 0 Å². The van der Waals surface area contributed by atoms with Gasteiger partial charge in [-0.2, -0.15) is 0 Å². The lowest BCUT2D eigenvalue weighted by Gasteiger charge is -2.07. The highest BCUT2D eigenvalue weighted by molar-refractivity contribution is 5.76. The number of aromatic nitrogens is 1. The standard InChI is InChI=1S/C17H22N2O2/c20-17(10-9-15-6-1-2-7-15)19-12-3-4-13-21-16-8-5-11-18-14-16/h5,8,11,14-15H,1-2,6-7,9-10,12-13H2,(H,19,20). The summed E-state index contributed by atoms with van der Waals surface area (Å²) in [5, 5.41) is 2.82. The number of rotatable bonds is 6. The summed E-state index contributed by atoms with van der Waals surface area (Å²) in [6, 6.07) is 3.65. The minimum Gasteiger partial charge on any atom is -0.479 e. The van der Waals surface area contributed by atoms with Crippen LogP contribution in [-0.2, 0) is 4.79 Å². The van der Waals surface area contributed by atoms with Crippen LogP contribution >= 0.6 is 0 Å². The van der Waals surface area contributed by atoms with Crippen molar-refractivity contribution in [1.29, 1.82) is 0 Å². The Morgan fingerprint density at radius 3 is 3.00 bits per heavy atom. The average Bonchev–Trinajstić information content (AvgIpc) is 3.03. The number of nitrogens with one attached hydrogen (secondary N) is 1. The zero-order valence-corrected chi connectivity index (χ0v) is 12.3. The minimum absolute atomic E-state index is 0.101. The van der Waals surface area contributed by atoms with Gasteiger partial charge in [-0.3, -0.25) is 9.78 Å². The summed E-state index contributed by atoms with van der Waals surface area (Å²) in [6.07, 6.45) is 10.2. The van der Waals surface area contributed by atoms with Crippen LogP contribution in [-0.4, -0.2) is 24.0 Å². The van der Waals surface area contributed by atoms with E-state index < -0.39 is 0 Å². The fourth-order valence-electron chi connectivity index (χ4n) is 2.53. The molecule has 0 atom stereocenters. The first-order chi connectivity index (χ1) is 10.3. The van der Waals surface area contributed by atoms with Crippen LogP contribution in [0.2, 0.25) is 0 Å². The second-order valence-electron chi connectivity index (χ2n) is 5.30. The SMILES string of the molecule is O=C(CCC1CCCC1)NCC#CCOc1cccnc1. The molecule has 0 bridgehead atoms. The van der Waals surface area contributed by atoms with Crippen molar-refractivity contribution in [2.45, 2.75) is 38.5 Å². The number of ether oxygens (including phenoxy) is 1. The number of hydrogen-bond acceptors (Lipinski definition) is 3. The molecule has 1 fully saturated rings. The molecule has 0 unspecified atom stereocenters. The number of amides is 1. The molecule has 1 aromatic rings. The van der Waals surface area contributed by atoms with Crippen LogP contribution < -0.4 is 10.1 Å². The second kappa shape index (κ2) is 9.02. The average molecular weight is 286 g/mol. The minimum atomic E-state index is 0.101. The highest BCUT2D eigenvalue weighted by Crippen LogP contribution is 2.28. The van der Waals surface area contributed by atoms with E-state index in [0.29, 0.717) is 25.3 Å². The van der Waals surface area contributed by atoms with E-state index in [9.17, 15) is 4.79 Å². The Balaban J connectivity index is 1.52. The summed E-state index contributed by atoms with van der Waals surface area (Å²) in [4.78, 5) is 15.6. The summed E-state index contributed by atoms with van der Waals surface area (Å²) >= 11 is 0. The molecule has 1 aliphatic carbocycles. The quantitative estimate of drug-likeness (QED) is 0.818. The Kier molecular flexibility index (Phi) is 6.60. The van der Waals surface area contributed by atoms with Gasteiger partial charge in [-0.15, -0.1) is 0 Å². The summed E-state index contributed by atoms with van der Waals surface area (Å²) in [7, 11) is 0. The van der Waals surface area contributed by atoms with E-state index in [1.807, 2.05) is 12.1 Å². The molecule has 4 nitrogen and oxygen atoms in total. The third kappa shape index (κ3) is 6.31. The molecule has 0 saturated heterocycles. The van der Waals surface area contributed by atoms with Gasteiger partial charge in [0.05, 0.1) is 12.7 Å². The van der Waals surface area contributed by atoms with Crippen LogP contribution in [0.4, 0.5) is 0 Å². The smallest absolute Gasteiger partial charge is 0.220 e. The normalized spacial score (nSPS) is 14.3. The maximum Gasteiger partial charge on any atom is 0.220 e. The van der Waals surface area contributed by atoms with Gasteiger partial charge in [0.15, 0.2) is 0 Å². The fraction of sp³-hybridized carbons (Fsp3) is 0.529. The molecule has 0 aromatic carbocycles. The van der Waals surface area contributed by atoms with Gasteiger partial charge in [0.25, 0.3) is 0 Å². The van der Waals surface area contributed by atoms with Gasteiger partial charge in [0, 0.05) is 12.6 Å². The molecule has 1 aromatic heterocycles. The molecule has 1 N–H and O–H groups in total. The molecule has 2 rings (SSSR count). The lowest BCUT2D eigenvalue weighted by atomic mass is 10.0. The number of nitrogens with zero attached hydrogens (tertiary/aromatic N) is 1. The summed E-state index contributed by atoms with van der Waals surface area (Å²) in [5.41, 5.74) is 0. The van der Waals surface area contributed by atoms with Gasteiger partial charge >= 0.3 is 0 Å². The molecular weight excluding hydrogens is 264 g/mol. The van der Waals surface area contributed by atoms with Crippen molar-refractivity contribution < 1.29 is 9.53 Å². The van der Waals surface area contributed by atoms with Gasteiger partial charge in [-0.1, -0.05) is 37.5 Å². The van der Waals surface area contributed by atoms with E-state index in [-0.39, 0.29) is 5.91 Å². The van der Waals surface area contributed by atoms with Gasteiger partial charge in [-0.25, -0.2) is 0 Å². The molecule has 1 saturated carbocycles. The van der Waals surface area contributed by atoms with Crippen molar-refractivity contribution in [3.05, 3.63) is 24.5 Å². The first-order valence-electron chi connectivity index (χ1n) is 7.60. The lowest BCUT2D eigenvalue weighted by molar-refractivity contribution is -0.121. The Morgan fingerprint density at radius 2 is 2.24 bits per heavy atom. The molecule has 0 spiro atoms. The number of pyridine rings is 1.